The first-order valence-electron chi connectivity index (χ1n) is 6.17. The molecule has 18 heavy (non-hydrogen) atoms. The van der Waals surface area contributed by atoms with E-state index in [2.05, 4.69) is 11.8 Å². The third-order valence-electron chi connectivity index (χ3n) is 2.93. The summed E-state index contributed by atoms with van der Waals surface area (Å²) in [4.78, 5) is 2.24. The van der Waals surface area contributed by atoms with Gasteiger partial charge in [0.2, 0.25) is 0 Å². The zero-order valence-corrected chi connectivity index (χ0v) is 11.4. The number of benzene rings is 1. The van der Waals surface area contributed by atoms with Crippen LogP contribution in [-0.2, 0) is 16.1 Å². The van der Waals surface area contributed by atoms with E-state index in [0.717, 1.165) is 17.8 Å². The summed E-state index contributed by atoms with van der Waals surface area (Å²) in [7, 11) is 3.41. The van der Waals surface area contributed by atoms with Crippen molar-refractivity contribution in [3.05, 3.63) is 29.8 Å². The van der Waals surface area contributed by atoms with E-state index < -0.39 is 0 Å². The number of methoxy groups -OCH3 is 2. The standard InChI is InChI=1S/C14H23NO3/c1-12(11-18-3)15(8-9-17-2)14-6-4-13(10-16)5-7-14/h4-7,12,16H,8-11H2,1-3H3. The number of aliphatic hydroxyl groups excluding tert-OH is 1. The van der Waals surface area contributed by atoms with Gasteiger partial charge in [-0.2, -0.15) is 0 Å². The lowest BCUT2D eigenvalue weighted by Gasteiger charge is -2.31. The molecule has 0 saturated carbocycles. The molecule has 0 aliphatic rings. The second-order valence-corrected chi connectivity index (χ2v) is 4.32. The molecule has 0 saturated heterocycles. The molecule has 0 aliphatic heterocycles. The summed E-state index contributed by atoms with van der Waals surface area (Å²) in [6, 6.07) is 8.20. The predicted octanol–water partition coefficient (Wildman–Crippen LogP) is 1.67. The monoisotopic (exact) mass is 253 g/mol. The molecular formula is C14H23NO3. The van der Waals surface area contributed by atoms with Crippen molar-refractivity contribution < 1.29 is 14.6 Å². The molecule has 0 fully saturated rings. The van der Waals surface area contributed by atoms with Crippen molar-refractivity contribution in [2.24, 2.45) is 0 Å². The highest BCUT2D eigenvalue weighted by molar-refractivity contribution is 5.48. The smallest absolute Gasteiger partial charge is 0.0681 e. The number of hydrogen-bond donors (Lipinski definition) is 1. The first kappa shape index (κ1) is 15.0. The third kappa shape index (κ3) is 4.29. The van der Waals surface area contributed by atoms with Crippen LogP contribution in [0.1, 0.15) is 12.5 Å². The Labute approximate surface area is 109 Å². The Hall–Kier alpha value is -1.10. The Bertz CT molecular complexity index is 326. The Morgan fingerprint density at radius 2 is 1.83 bits per heavy atom. The van der Waals surface area contributed by atoms with Crippen molar-refractivity contribution in [1.29, 1.82) is 0 Å². The van der Waals surface area contributed by atoms with E-state index in [-0.39, 0.29) is 12.6 Å². The molecule has 0 radical (unpaired) electrons. The highest BCUT2D eigenvalue weighted by atomic mass is 16.5. The van der Waals surface area contributed by atoms with Gasteiger partial charge < -0.3 is 19.5 Å². The molecule has 0 bridgehead atoms. The summed E-state index contributed by atoms with van der Waals surface area (Å²) < 4.78 is 10.4. The van der Waals surface area contributed by atoms with Gasteiger partial charge in [0.25, 0.3) is 0 Å². The Morgan fingerprint density at radius 3 is 2.33 bits per heavy atom. The van der Waals surface area contributed by atoms with Crippen molar-refractivity contribution in [3.8, 4) is 0 Å². The van der Waals surface area contributed by atoms with Crippen LogP contribution in [0.4, 0.5) is 5.69 Å². The van der Waals surface area contributed by atoms with Gasteiger partial charge in [0.15, 0.2) is 0 Å². The highest BCUT2D eigenvalue weighted by Crippen LogP contribution is 2.18. The van der Waals surface area contributed by atoms with Gasteiger partial charge in [-0.05, 0) is 24.6 Å². The summed E-state index contributed by atoms with van der Waals surface area (Å²) in [6.45, 7) is 4.37. The minimum Gasteiger partial charge on any atom is -0.392 e. The topological polar surface area (TPSA) is 41.9 Å². The van der Waals surface area contributed by atoms with Gasteiger partial charge in [0, 0.05) is 32.5 Å². The van der Waals surface area contributed by atoms with E-state index in [4.69, 9.17) is 14.6 Å². The van der Waals surface area contributed by atoms with Crippen molar-refractivity contribution in [2.45, 2.75) is 19.6 Å². The Morgan fingerprint density at radius 1 is 1.17 bits per heavy atom. The highest BCUT2D eigenvalue weighted by Gasteiger charge is 2.14. The zero-order chi connectivity index (χ0) is 13.4. The molecule has 1 N–H and O–H groups in total. The summed E-state index contributed by atoms with van der Waals surface area (Å²) >= 11 is 0. The average Bonchev–Trinajstić information content (AvgIpc) is 2.40. The summed E-state index contributed by atoms with van der Waals surface area (Å²) in [6.07, 6.45) is 0. The van der Waals surface area contributed by atoms with Crippen LogP contribution in [0.3, 0.4) is 0 Å². The van der Waals surface area contributed by atoms with Gasteiger partial charge in [-0.3, -0.25) is 0 Å². The van der Waals surface area contributed by atoms with Crippen LogP contribution in [0.5, 0.6) is 0 Å². The first-order valence-corrected chi connectivity index (χ1v) is 6.17. The van der Waals surface area contributed by atoms with E-state index in [0.29, 0.717) is 13.2 Å². The van der Waals surface area contributed by atoms with Crippen molar-refractivity contribution in [3.63, 3.8) is 0 Å². The lowest BCUT2D eigenvalue weighted by atomic mass is 10.1. The number of rotatable bonds is 8. The molecular weight excluding hydrogens is 230 g/mol. The van der Waals surface area contributed by atoms with Gasteiger partial charge in [0.05, 0.1) is 19.8 Å². The molecule has 0 amide bonds. The van der Waals surface area contributed by atoms with Crippen LogP contribution >= 0.6 is 0 Å². The average molecular weight is 253 g/mol. The minimum absolute atomic E-state index is 0.0754. The van der Waals surface area contributed by atoms with Gasteiger partial charge in [0.1, 0.15) is 0 Å². The normalized spacial score (nSPS) is 12.4. The molecule has 4 nitrogen and oxygen atoms in total. The van der Waals surface area contributed by atoms with Crippen LogP contribution in [0.2, 0.25) is 0 Å². The van der Waals surface area contributed by atoms with Crippen molar-refractivity contribution in [2.75, 3.05) is 38.9 Å². The first-order chi connectivity index (χ1) is 8.72. The molecule has 1 rings (SSSR count). The van der Waals surface area contributed by atoms with E-state index in [1.807, 2.05) is 24.3 Å². The maximum atomic E-state index is 9.05. The molecule has 4 heteroatoms. The maximum Gasteiger partial charge on any atom is 0.0681 e. The third-order valence-corrected chi connectivity index (χ3v) is 2.93. The van der Waals surface area contributed by atoms with Gasteiger partial charge in [-0.15, -0.1) is 0 Å². The van der Waals surface area contributed by atoms with Crippen LogP contribution in [-0.4, -0.2) is 45.1 Å². The Kier molecular flexibility index (Phi) is 6.72. The molecule has 1 aromatic carbocycles. The molecule has 102 valence electrons. The Balaban J connectivity index is 2.79. The quantitative estimate of drug-likeness (QED) is 0.765. The second-order valence-electron chi connectivity index (χ2n) is 4.32. The largest absolute Gasteiger partial charge is 0.392 e. The zero-order valence-electron chi connectivity index (χ0n) is 11.4. The van der Waals surface area contributed by atoms with Crippen molar-refractivity contribution in [1.82, 2.24) is 0 Å². The van der Waals surface area contributed by atoms with Gasteiger partial charge in [-0.1, -0.05) is 12.1 Å². The van der Waals surface area contributed by atoms with Crippen LogP contribution < -0.4 is 4.90 Å². The fourth-order valence-electron chi connectivity index (χ4n) is 1.92. The van der Waals surface area contributed by atoms with Crippen LogP contribution in [0.15, 0.2) is 24.3 Å². The fraction of sp³-hybridized carbons (Fsp3) is 0.571. The summed E-state index contributed by atoms with van der Waals surface area (Å²) in [5.74, 6) is 0. The lowest BCUT2D eigenvalue weighted by Crippen LogP contribution is -2.38. The molecule has 1 unspecified atom stereocenters. The summed E-state index contributed by atoms with van der Waals surface area (Å²) in [5, 5.41) is 9.05. The minimum atomic E-state index is 0.0754. The molecule has 0 spiro atoms. The molecule has 1 aromatic rings. The lowest BCUT2D eigenvalue weighted by molar-refractivity contribution is 0.171. The number of hydrogen-bond acceptors (Lipinski definition) is 4. The van der Waals surface area contributed by atoms with Crippen LogP contribution in [0.25, 0.3) is 0 Å². The van der Waals surface area contributed by atoms with E-state index in [1.54, 1.807) is 14.2 Å². The SMILES string of the molecule is COCCN(c1ccc(CO)cc1)C(C)COC. The fourth-order valence-corrected chi connectivity index (χ4v) is 1.92. The van der Waals surface area contributed by atoms with Gasteiger partial charge in [-0.25, -0.2) is 0 Å². The van der Waals surface area contributed by atoms with E-state index >= 15 is 0 Å². The van der Waals surface area contributed by atoms with Crippen molar-refractivity contribution >= 4 is 5.69 Å². The molecule has 1 atom stereocenters. The van der Waals surface area contributed by atoms with Crippen LogP contribution in [0, 0.1) is 0 Å². The number of aliphatic hydroxyl groups is 1. The second kappa shape index (κ2) is 8.08. The maximum absolute atomic E-state index is 9.05. The van der Waals surface area contributed by atoms with Gasteiger partial charge >= 0.3 is 0 Å². The molecule has 0 aromatic heterocycles. The molecule has 0 aliphatic carbocycles. The number of anilines is 1. The predicted molar refractivity (Wildman–Crippen MR) is 72.9 cm³/mol. The summed E-state index contributed by atoms with van der Waals surface area (Å²) in [5.41, 5.74) is 2.04. The van der Waals surface area contributed by atoms with E-state index in [9.17, 15) is 0 Å². The van der Waals surface area contributed by atoms with E-state index in [1.165, 1.54) is 0 Å². The molecule has 0 heterocycles. The number of ether oxygens (including phenoxy) is 2. The number of nitrogens with zero attached hydrogens (tertiary/aromatic N) is 1.